The molecule has 156 valence electrons. The highest BCUT2D eigenvalue weighted by Gasteiger charge is 2.56. The lowest BCUT2D eigenvalue weighted by Crippen LogP contribution is -2.51. The molecule has 0 unspecified atom stereocenters. The molecule has 3 aromatic rings. The van der Waals surface area contributed by atoms with Crippen LogP contribution in [0.5, 0.6) is 5.75 Å². The average Bonchev–Trinajstić information content (AvgIpc) is 3.56. The molecule has 0 radical (unpaired) electrons. The second kappa shape index (κ2) is 6.37. The molecule has 31 heavy (non-hydrogen) atoms. The normalized spacial score (nSPS) is 20.6. The number of Topliss-reactive ketones (excluding diaryl/α,β-unsaturated/α-hetero) is 1. The zero-order valence-electron chi connectivity index (χ0n) is 16.5. The summed E-state index contributed by atoms with van der Waals surface area (Å²) >= 11 is 1.66. The maximum absolute atomic E-state index is 13.2. The van der Waals surface area contributed by atoms with Crippen LogP contribution in [0, 0.1) is 5.41 Å². The van der Waals surface area contributed by atoms with Crippen molar-refractivity contribution in [2.24, 2.45) is 5.41 Å². The van der Waals surface area contributed by atoms with E-state index in [2.05, 4.69) is 22.1 Å². The number of fused-ring (bicyclic) bond motifs is 3. The summed E-state index contributed by atoms with van der Waals surface area (Å²) in [7, 11) is 0. The summed E-state index contributed by atoms with van der Waals surface area (Å²) in [5.74, 6) is -0.0441. The molecule has 0 amide bonds. The van der Waals surface area contributed by atoms with Gasteiger partial charge in [0.05, 0.1) is 11.5 Å². The Hall–Kier alpha value is -3.26. The van der Waals surface area contributed by atoms with Gasteiger partial charge in [0.15, 0.2) is 17.2 Å². The van der Waals surface area contributed by atoms with Crippen LogP contribution in [0.15, 0.2) is 63.1 Å². The van der Waals surface area contributed by atoms with Gasteiger partial charge in [-0.25, -0.2) is 0 Å². The van der Waals surface area contributed by atoms with Crippen molar-refractivity contribution in [2.75, 3.05) is 11.6 Å². The predicted octanol–water partition coefficient (Wildman–Crippen LogP) is 2.55. The summed E-state index contributed by atoms with van der Waals surface area (Å²) in [5, 5.41) is 12.6. The quantitative estimate of drug-likeness (QED) is 0.613. The van der Waals surface area contributed by atoms with E-state index in [1.165, 1.54) is 12.1 Å². The third kappa shape index (κ3) is 2.64. The molecular formula is C23H19N3O4S. The smallest absolute Gasteiger partial charge is 0.248 e. The van der Waals surface area contributed by atoms with Crippen LogP contribution in [-0.4, -0.2) is 27.1 Å². The van der Waals surface area contributed by atoms with Gasteiger partial charge < -0.3 is 10.1 Å². The SMILES string of the molecule is O=C1c2c(O)c(=O)ccn2N([C@@H]2c3ccccc3SCc3[nH]c(=O)ccc32)CC12CC2. The highest BCUT2D eigenvalue weighted by atomic mass is 32.2. The first-order chi connectivity index (χ1) is 15.0. The minimum absolute atomic E-state index is 0.0524. The van der Waals surface area contributed by atoms with Crippen LogP contribution in [0.2, 0.25) is 0 Å². The van der Waals surface area contributed by atoms with Crippen LogP contribution in [0.25, 0.3) is 0 Å². The van der Waals surface area contributed by atoms with Crippen molar-refractivity contribution in [3.8, 4) is 5.75 Å². The number of aromatic nitrogens is 2. The number of carbonyl (C=O) groups is 1. The summed E-state index contributed by atoms with van der Waals surface area (Å²) in [6.45, 7) is 0.476. The maximum atomic E-state index is 13.2. The largest absolute Gasteiger partial charge is 0.503 e. The van der Waals surface area contributed by atoms with Crippen molar-refractivity contribution in [2.45, 2.75) is 29.5 Å². The summed E-state index contributed by atoms with van der Waals surface area (Å²) in [5.41, 5.74) is 1.61. The van der Waals surface area contributed by atoms with E-state index in [-0.39, 0.29) is 23.1 Å². The summed E-state index contributed by atoms with van der Waals surface area (Å²) in [6.07, 6.45) is 3.02. The number of thioether (sulfide) groups is 1. The van der Waals surface area contributed by atoms with E-state index >= 15 is 0 Å². The molecule has 1 aliphatic carbocycles. The number of hydrogen-bond donors (Lipinski definition) is 2. The molecule has 1 spiro atoms. The number of rotatable bonds is 1. The molecule has 2 N–H and O–H groups in total. The predicted molar refractivity (Wildman–Crippen MR) is 116 cm³/mol. The number of aromatic amines is 1. The highest BCUT2D eigenvalue weighted by molar-refractivity contribution is 7.98. The van der Waals surface area contributed by atoms with Gasteiger partial charge in [0, 0.05) is 46.8 Å². The zero-order valence-corrected chi connectivity index (χ0v) is 17.3. The standard InChI is InChI=1S/C23H19N3O4S/c27-16-7-10-25-20(21(16)29)22(30)23(8-9-23)12-26(25)19-13-5-6-18(28)24-15(13)11-31-17-4-2-1-3-14(17)19/h1-7,10,19,29H,8-9,11-12H2,(H,24,28)/t19-/m0/s1. The number of aromatic hydroxyl groups is 1. The Labute approximate surface area is 181 Å². The fourth-order valence-electron chi connectivity index (χ4n) is 4.78. The molecule has 1 atom stereocenters. The second-order valence-electron chi connectivity index (χ2n) is 8.41. The molecule has 7 nitrogen and oxygen atoms in total. The van der Waals surface area contributed by atoms with Crippen molar-refractivity contribution in [1.29, 1.82) is 0 Å². The summed E-state index contributed by atoms with van der Waals surface area (Å²) in [4.78, 5) is 41.5. The molecular weight excluding hydrogens is 414 g/mol. The molecule has 6 rings (SSSR count). The van der Waals surface area contributed by atoms with Gasteiger partial charge in [0.2, 0.25) is 11.0 Å². The van der Waals surface area contributed by atoms with E-state index in [0.717, 1.165) is 34.6 Å². The molecule has 1 aromatic carbocycles. The highest BCUT2D eigenvalue weighted by Crippen LogP contribution is 2.53. The van der Waals surface area contributed by atoms with Crippen molar-refractivity contribution in [3.05, 3.63) is 91.8 Å². The Kier molecular flexibility index (Phi) is 3.80. The Bertz CT molecular complexity index is 1370. The van der Waals surface area contributed by atoms with Crippen LogP contribution in [-0.2, 0) is 5.75 Å². The van der Waals surface area contributed by atoms with E-state index in [1.807, 2.05) is 18.2 Å². The van der Waals surface area contributed by atoms with Crippen LogP contribution in [0.1, 0.15) is 46.2 Å². The number of H-pyrrole nitrogens is 1. The molecule has 0 bridgehead atoms. The van der Waals surface area contributed by atoms with E-state index in [9.17, 15) is 19.5 Å². The van der Waals surface area contributed by atoms with Gasteiger partial charge in [-0.15, -0.1) is 11.8 Å². The number of nitrogens with zero attached hydrogens (tertiary/aromatic N) is 2. The van der Waals surface area contributed by atoms with Crippen molar-refractivity contribution >= 4 is 17.5 Å². The molecule has 1 fully saturated rings. The molecule has 8 heteroatoms. The molecule has 2 aliphatic heterocycles. The maximum Gasteiger partial charge on any atom is 0.248 e. The second-order valence-corrected chi connectivity index (χ2v) is 9.43. The lowest BCUT2D eigenvalue weighted by molar-refractivity contribution is 0.0856. The lowest BCUT2D eigenvalue weighted by Gasteiger charge is -2.43. The van der Waals surface area contributed by atoms with Gasteiger partial charge in [-0.2, -0.15) is 0 Å². The summed E-state index contributed by atoms with van der Waals surface area (Å²) < 4.78 is 1.63. The summed E-state index contributed by atoms with van der Waals surface area (Å²) in [6, 6.07) is 12.5. The third-order valence-corrected chi connectivity index (χ3v) is 7.68. The van der Waals surface area contributed by atoms with Crippen LogP contribution in [0.4, 0.5) is 0 Å². The fourth-order valence-corrected chi connectivity index (χ4v) is 5.84. The van der Waals surface area contributed by atoms with Crippen LogP contribution in [0.3, 0.4) is 0 Å². The number of pyridine rings is 2. The number of nitrogens with one attached hydrogen (secondary N) is 1. The molecule has 3 aliphatic rings. The van der Waals surface area contributed by atoms with Gasteiger partial charge in [0.1, 0.15) is 0 Å². The van der Waals surface area contributed by atoms with Gasteiger partial charge in [-0.1, -0.05) is 18.2 Å². The van der Waals surface area contributed by atoms with Gasteiger partial charge in [-0.3, -0.25) is 24.1 Å². The van der Waals surface area contributed by atoms with Crippen LogP contribution < -0.4 is 16.0 Å². The molecule has 4 heterocycles. The Morgan fingerprint density at radius 3 is 2.65 bits per heavy atom. The van der Waals surface area contributed by atoms with Crippen LogP contribution >= 0.6 is 11.8 Å². The monoisotopic (exact) mass is 433 g/mol. The molecule has 2 aromatic heterocycles. The first kappa shape index (κ1) is 18.5. The average molecular weight is 433 g/mol. The Morgan fingerprint density at radius 1 is 1.03 bits per heavy atom. The van der Waals surface area contributed by atoms with Crippen molar-refractivity contribution in [1.82, 2.24) is 9.66 Å². The number of carbonyl (C=O) groups excluding carboxylic acids is 1. The third-order valence-electron chi connectivity index (χ3n) is 6.56. The fraction of sp³-hybridized carbons (Fsp3) is 0.261. The van der Waals surface area contributed by atoms with E-state index in [4.69, 9.17) is 0 Å². The van der Waals surface area contributed by atoms with Gasteiger partial charge in [-0.05, 0) is 30.5 Å². The minimum atomic E-state index is -0.581. The number of ketones is 1. The Balaban J connectivity index is 1.64. The first-order valence-electron chi connectivity index (χ1n) is 10.2. The van der Waals surface area contributed by atoms with Crippen molar-refractivity contribution in [3.63, 3.8) is 0 Å². The molecule has 1 saturated carbocycles. The number of benzene rings is 1. The zero-order chi connectivity index (χ0) is 21.3. The van der Waals surface area contributed by atoms with E-state index in [0.29, 0.717) is 12.3 Å². The van der Waals surface area contributed by atoms with Gasteiger partial charge in [0.25, 0.3) is 0 Å². The lowest BCUT2D eigenvalue weighted by atomic mass is 9.91. The topological polar surface area (TPSA) is 95.4 Å². The number of hydrogen-bond acceptors (Lipinski definition) is 6. The van der Waals surface area contributed by atoms with E-state index in [1.54, 1.807) is 22.6 Å². The van der Waals surface area contributed by atoms with Gasteiger partial charge >= 0.3 is 0 Å². The van der Waals surface area contributed by atoms with Crippen molar-refractivity contribution < 1.29 is 9.90 Å². The first-order valence-corrected chi connectivity index (χ1v) is 11.2. The molecule has 0 saturated heterocycles. The van der Waals surface area contributed by atoms with E-state index < -0.39 is 16.6 Å². The Morgan fingerprint density at radius 2 is 1.84 bits per heavy atom. The minimum Gasteiger partial charge on any atom is -0.503 e.